The Kier molecular flexibility index (Phi) is 8.43. The minimum absolute atomic E-state index is 0.529. The van der Waals surface area contributed by atoms with Gasteiger partial charge in [-0.25, -0.2) is 9.59 Å². The molecule has 8 nitrogen and oxygen atoms in total. The van der Waals surface area contributed by atoms with Gasteiger partial charge in [0, 0.05) is 12.2 Å². The van der Waals surface area contributed by atoms with Crippen LogP contribution >= 0.6 is 0 Å². The minimum Gasteiger partial charge on any atom is -0.478 e. The number of carboxylic acids is 2. The summed E-state index contributed by atoms with van der Waals surface area (Å²) in [5, 5.41) is 23.5. The Labute approximate surface area is 85.2 Å². The highest BCUT2D eigenvalue weighted by atomic mass is 32.2. The molecular formula is C6H10O8S. The second-order valence-corrected chi connectivity index (χ2v) is 3.59. The highest BCUT2D eigenvalue weighted by Crippen LogP contribution is 1.76. The fraction of sp³-hybridized carbons (Fsp3) is 0.333. The Morgan fingerprint density at radius 2 is 1.40 bits per heavy atom. The van der Waals surface area contributed by atoms with Crippen molar-refractivity contribution in [2.75, 3.05) is 12.4 Å². The maximum atomic E-state index is 9.63. The van der Waals surface area contributed by atoms with Crippen molar-refractivity contribution < 1.29 is 37.9 Å². The van der Waals surface area contributed by atoms with Crippen LogP contribution in [0.3, 0.4) is 0 Å². The molecule has 0 amide bonds. The lowest BCUT2D eigenvalue weighted by molar-refractivity contribution is -0.134. The fourth-order valence-electron chi connectivity index (χ4n) is 0.258. The summed E-state index contributed by atoms with van der Waals surface area (Å²) in [6.07, 6.45) is 1.12. The van der Waals surface area contributed by atoms with E-state index in [4.69, 9.17) is 19.9 Å². The molecular weight excluding hydrogens is 232 g/mol. The van der Waals surface area contributed by atoms with Crippen LogP contribution in [0.5, 0.6) is 0 Å². The van der Waals surface area contributed by atoms with E-state index in [2.05, 4.69) is 0 Å². The van der Waals surface area contributed by atoms with E-state index in [1.807, 2.05) is 0 Å². The van der Waals surface area contributed by atoms with Gasteiger partial charge in [0.25, 0.3) is 10.1 Å². The first kappa shape index (κ1) is 16.0. The molecule has 0 aromatic heterocycles. The second kappa shape index (κ2) is 7.91. The van der Waals surface area contributed by atoms with Crippen molar-refractivity contribution in [2.24, 2.45) is 0 Å². The minimum atomic E-state index is -3.92. The molecule has 0 saturated heterocycles. The van der Waals surface area contributed by atoms with Gasteiger partial charge in [-0.15, -0.1) is 0 Å². The number of aliphatic carboxylic acids is 2. The van der Waals surface area contributed by atoms with Gasteiger partial charge in [-0.1, -0.05) is 0 Å². The van der Waals surface area contributed by atoms with Gasteiger partial charge in [0.2, 0.25) is 0 Å². The predicted octanol–water partition coefficient (Wildman–Crippen LogP) is -1.42. The average molecular weight is 242 g/mol. The molecule has 0 aliphatic heterocycles. The van der Waals surface area contributed by atoms with Gasteiger partial charge in [0.15, 0.2) is 0 Å². The topological polar surface area (TPSA) is 149 Å². The molecule has 0 aromatic carbocycles. The van der Waals surface area contributed by atoms with Crippen molar-refractivity contribution in [1.29, 1.82) is 0 Å². The molecule has 0 spiro atoms. The molecule has 0 heterocycles. The Hall–Kier alpha value is -1.45. The van der Waals surface area contributed by atoms with Crippen LogP contribution < -0.4 is 0 Å². The maximum absolute atomic E-state index is 9.63. The van der Waals surface area contributed by atoms with E-state index in [0.717, 1.165) is 0 Å². The Morgan fingerprint density at radius 1 is 1.07 bits per heavy atom. The molecule has 0 atom stereocenters. The van der Waals surface area contributed by atoms with Gasteiger partial charge >= 0.3 is 11.9 Å². The number of aliphatic hydroxyl groups is 1. The molecule has 0 saturated carbocycles. The summed E-state index contributed by atoms with van der Waals surface area (Å²) in [5.74, 6) is -3.09. The lowest BCUT2D eigenvalue weighted by atomic mass is 10.5. The maximum Gasteiger partial charge on any atom is 0.328 e. The van der Waals surface area contributed by atoms with Crippen molar-refractivity contribution in [3.05, 3.63) is 12.2 Å². The molecule has 88 valence electrons. The van der Waals surface area contributed by atoms with E-state index < -0.39 is 34.4 Å². The highest BCUT2D eigenvalue weighted by Gasteiger charge is 1.99. The molecule has 15 heavy (non-hydrogen) atoms. The SMILES string of the molecule is O=C(O)/C=C\C(=O)O.O=S(=O)(O)CCO. The van der Waals surface area contributed by atoms with E-state index >= 15 is 0 Å². The summed E-state index contributed by atoms with van der Waals surface area (Å²) in [7, 11) is -3.92. The quantitative estimate of drug-likeness (QED) is 0.346. The number of hydrogen-bond donors (Lipinski definition) is 4. The fourth-order valence-corrected chi connectivity index (χ4v) is 0.489. The van der Waals surface area contributed by atoms with Crippen LogP contribution in [0, 0.1) is 0 Å². The molecule has 0 unspecified atom stereocenters. The summed E-state index contributed by atoms with van der Waals surface area (Å²) in [6.45, 7) is -0.529. The van der Waals surface area contributed by atoms with Crippen molar-refractivity contribution in [3.63, 3.8) is 0 Å². The first-order valence-electron chi connectivity index (χ1n) is 3.39. The van der Waals surface area contributed by atoms with Crippen LogP contribution in [0.1, 0.15) is 0 Å². The zero-order chi connectivity index (χ0) is 12.5. The van der Waals surface area contributed by atoms with E-state index in [1.54, 1.807) is 0 Å². The average Bonchev–Trinajstić information content (AvgIpc) is 1.99. The van der Waals surface area contributed by atoms with Crippen LogP contribution in [-0.2, 0) is 19.7 Å². The normalized spacial score (nSPS) is 10.5. The molecule has 0 aromatic rings. The first-order valence-corrected chi connectivity index (χ1v) is 5.00. The van der Waals surface area contributed by atoms with Crippen LogP contribution in [0.2, 0.25) is 0 Å². The first-order chi connectivity index (χ1) is 6.69. The van der Waals surface area contributed by atoms with Gasteiger partial charge in [-0.2, -0.15) is 8.42 Å². The van der Waals surface area contributed by atoms with Crippen LogP contribution in [0.4, 0.5) is 0 Å². The number of carboxylic acid groups (broad SMARTS) is 2. The number of carbonyl (C=O) groups is 2. The van der Waals surface area contributed by atoms with E-state index in [9.17, 15) is 18.0 Å². The summed E-state index contributed by atoms with van der Waals surface area (Å²) in [4.78, 5) is 19.1. The van der Waals surface area contributed by atoms with Gasteiger partial charge in [-0.05, 0) is 0 Å². The van der Waals surface area contributed by atoms with Crippen molar-refractivity contribution in [1.82, 2.24) is 0 Å². The van der Waals surface area contributed by atoms with E-state index in [1.165, 1.54) is 0 Å². The second-order valence-electron chi connectivity index (χ2n) is 2.02. The third-order valence-corrected chi connectivity index (χ3v) is 1.42. The molecule has 0 bridgehead atoms. The smallest absolute Gasteiger partial charge is 0.328 e. The largest absolute Gasteiger partial charge is 0.478 e. The summed E-state index contributed by atoms with van der Waals surface area (Å²) < 4.78 is 27.1. The monoisotopic (exact) mass is 242 g/mol. The van der Waals surface area contributed by atoms with Crippen molar-refractivity contribution in [3.8, 4) is 0 Å². The molecule has 0 fully saturated rings. The lowest BCUT2D eigenvalue weighted by Gasteiger charge is -1.85. The Bertz CT molecular complexity index is 311. The Morgan fingerprint density at radius 3 is 1.47 bits per heavy atom. The molecule has 9 heteroatoms. The van der Waals surface area contributed by atoms with Crippen molar-refractivity contribution >= 4 is 22.1 Å². The van der Waals surface area contributed by atoms with Crippen LogP contribution in [0.25, 0.3) is 0 Å². The van der Waals surface area contributed by atoms with Gasteiger partial charge in [0.1, 0.15) is 0 Å². The zero-order valence-electron chi connectivity index (χ0n) is 7.40. The predicted molar refractivity (Wildman–Crippen MR) is 47.9 cm³/mol. The third-order valence-electron chi connectivity index (χ3n) is 0.718. The summed E-state index contributed by atoms with van der Waals surface area (Å²) >= 11 is 0. The Balaban J connectivity index is 0. The molecule has 4 N–H and O–H groups in total. The summed E-state index contributed by atoms with van der Waals surface area (Å²) in [5.41, 5.74) is 0. The molecule has 0 radical (unpaired) electrons. The molecule has 0 rings (SSSR count). The van der Waals surface area contributed by atoms with Gasteiger partial charge < -0.3 is 15.3 Å². The third kappa shape index (κ3) is 24.5. The zero-order valence-corrected chi connectivity index (χ0v) is 8.22. The standard InChI is InChI=1S/C4H4O4.C2H6O4S/c5-3(6)1-2-4(7)8;3-1-2-7(4,5)6/h1-2H,(H,5,6)(H,7,8);3H,1-2H2,(H,4,5,6)/b2-1-;. The molecule has 0 aliphatic rings. The van der Waals surface area contributed by atoms with E-state index in [-0.39, 0.29) is 0 Å². The van der Waals surface area contributed by atoms with Gasteiger partial charge in [-0.3, -0.25) is 4.55 Å². The highest BCUT2D eigenvalue weighted by molar-refractivity contribution is 7.85. The van der Waals surface area contributed by atoms with Crippen LogP contribution in [-0.4, -0.2) is 52.6 Å². The lowest BCUT2D eigenvalue weighted by Crippen LogP contribution is -2.06. The summed E-state index contributed by atoms with van der Waals surface area (Å²) in [6, 6.07) is 0. The molecule has 0 aliphatic carbocycles. The van der Waals surface area contributed by atoms with Gasteiger partial charge in [0.05, 0.1) is 12.4 Å². The van der Waals surface area contributed by atoms with E-state index in [0.29, 0.717) is 12.2 Å². The van der Waals surface area contributed by atoms with Crippen LogP contribution in [0.15, 0.2) is 12.2 Å². The number of rotatable bonds is 4. The van der Waals surface area contributed by atoms with Crippen molar-refractivity contribution in [2.45, 2.75) is 0 Å². The number of aliphatic hydroxyl groups excluding tert-OH is 1. The number of hydrogen-bond acceptors (Lipinski definition) is 5.